The van der Waals surface area contributed by atoms with Crippen LogP contribution in [0.25, 0.3) is 0 Å². The maximum Gasteiger partial charge on any atom is 0.167 e. The van der Waals surface area contributed by atoms with E-state index in [0.717, 1.165) is 41.8 Å². The first-order valence-corrected chi connectivity index (χ1v) is 9.52. The normalized spacial score (nSPS) is 18.4. The molecule has 0 spiro atoms. The lowest BCUT2D eigenvalue weighted by Gasteiger charge is -2.27. The summed E-state index contributed by atoms with van der Waals surface area (Å²) >= 11 is 0. The molecule has 0 amide bonds. The Balaban J connectivity index is 1.71. The third-order valence-corrected chi connectivity index (χ3v) is 5.13. The molecule has 3 aromatic rings. The fourth-order valence-electron chi connectivity index (χ4n) is 3.74. The minimum Gasteiger partial charge on any atom is -0.317 e. The Morgan fingerprint density at radius 1 is 0.741 bits per heavy atom. The second-order valence-electron chi connectivity index (χ2n) is 6.92. The molecular weight excluding hydrogens is 330 g/mol. The summed E-state index contributed by atoms with van der Waals surface area (Å²) in [4.78, 5) is 15.4. The number of nitrogens with zero attached hydrogens (tertiary/aromatic N) is 1. The topological polar surface area (TPSA) is 20.3 Å². The van der Waals surface area contributed by atoms with Crippen molar-refractivity contribution >= 4 is 17.2 Å². The van der Waals surface area contributed by atoms with E-state index in [9.17, 15) is 4.79 Å². The van der Waals surface area contributed by atoms with Gasteiger partial charge in [0, 0.05) is 29.1 Å². The SMILES string of the molecule is O=C1/C(=C/N(c2ccccc2)c2ccccc2)CCCC1c1ccccc1. The third-order valence-electron chi connectivity index (χ3n) is 5.13. The molecule has 4 rings (SSSR count). The van der Waals surface area contributed by atoms with Gasteiger partial charge in [-0.3, -0.25) is 4.79 Å². The minimum absolute atomic E-state index is 0.0282. The number of hydrogen-bond donors (Lipinski definition) is 0. The number of hydrogen-bond acceptors (Lipinski definition) is 2. The summed E-state index contributed by atoms with van der Waals surface area (Å²) in [7, 11) is 0. The van der Waals surface area contributed by atoms with E-state index < -0.39 is 0 Å². The fraction of sp³-hybridized carbons (Fsp3) is 0.160. The van der Waals surface area contributed by atoms with Gasteiger partial charge < -0.3 is 4.90 Å². The average Bonchev–Trinajstić information content (AvgIpc) is 2.75. The van der Waals surface area contributed by atoms with Crippen LogP contribution in [0, 0.1) is 0 Å². The second-order valence-corrected chi connectivity index (χ2v) is 6.92. The Bertz CT molecular complexity index is 877. The Hall–Kier alpha value is -3.13. The van der Waals surface area contributed by atoms with Crippen molar-refractivity contribution in [2.45, 2.75) is 25.2 Å². The number of allylic oxidation sites excluding steroid dienone is 1. The van der Waals surface area contributed by atoms with Crippen molar-refractivity contribution < 1.29 is 4.79 Å². The van der Waals surface area contributed by atoms with E-state index in [0.29, 0.717) is 0 Å². The van der Waals surface area contributed by atoms with Gasteiger partial charge in [-0.2, -0.15) is 0 Å². The highest BCUT2D eigenvalue weighted by Crippen LogP contribution is 2.35. The first-order chi connectivity index (χ1) is 13.3. The third kappa shape index (κ3) is 3.85. The van der Waals surface area contributed by atoms with Gasteiger partial charge in [0.1, 0.15) is 0 Å². The van der Waals surface area contributed by atoms with Crippen molar-refractivity contribution in [1.29, 1.82) is 0 Å². The Morgan fingerprint density at radius 3 is 1.81 bits per heavy atom. The van der Waals surface area contributed by atoms with Gasteiger partial charge in [0.05, 0.1) is 0 Å². The second kappa shape index (κ2) is 8.05. The molecule has 2 heteroatoms. The van der Waals surface area contributed by atoms with Crippen LogP contribution in [0.3, 0.4) is 0 Å². The van der Waals surface area contributed by atoms with Crippen molar-refractivity contribution in [3.05, 3.63) is 108 Å². The molecule has 0 radical (unpaired) electrons. The van der Waals surface area contributed by atoms with Crippen LogP contribution in [0.15, 0.2) is 103 Å². The molecule has 0 heterocycles. The minimum atomic E-state index is -0.0282. The molecule has 2 nitrogen and oxygen atoms in total. The summed E-state index contributed by atoms with van der Waals surface area (Å²) < 4.78 is 0. The number of carbonyl (C=O) groups excluding carboxylic acids is 1. The molecule has 0 bridgehead atoms. The van der Waals surface area contributed by atoms with E-state index in [2.05, 4.69) is 41.3 Å². The van der Waals surface area contributed by atoms with Crippen molar-refractivity contribution in [2.24, 2.45) is 0 Å². The van der Waals surface area contributed by atoms with Crippen LogP contribution < -0.4 is 4.90 Å². The zero-order valence-electron chi connectivity index (χ0n) is 15.3. The van der Waals surface area contributed by atoms with E-state index in [4.69, 9.17) is 0 Å². The molecule has 1 fully saturated rings. The van der Waals surface area contributed by atoms with E-state index in [1.165, 1.54) is 0 Å². The highest BCUT2D eigenvalue weighted by molar-refractivity contribution is 6.01. The van der Waals surface area contributed by atoms with Crippen LogP contribution >= 0.6 is 0 Å². The average molecular weight is 353 g/mol. The smallest absolute Gasteiger partial charge is 0.167 e. The molecule has 1 atom stereocenters. The van der Waals surface area contributed by atoms with Gasteiger partial charge in [0.2, 0.25) is 0 Å². The number of benzene rings is 3. The first kappa shape index (κ1) is 17.3. The standard InChI is InChI=1S/C25H23NO/c27-25-21(13-10-18-24(25)20-11-4-1-5-12-20)19-26(22-14-6-2-7-15-22)23-16-8-3-9-17-23/h1-9,11-12,14-17,19,24H,10,13,18H2/b21-19+. The van der Waals surface area contributed by atoms with Gasteiger partial charge in [0.15, 0.2) is 5.78 Å². The highest BCUT2D eigenvalue weighted by atomic mass is 16.1. The highest BCUT2D eigenvalue weighted by Gasteiger charge is 2.28. The molecular formula is C25H23NO. The molecule has 0 aliphatic heterocycles. The Morgan fingerprint density at radius 2 is 1.26 bits per heavy atom. The van der Waals surface area contributed by atoms with Crippen molar-refractivity contribution in [3.8, 4) is 0 Å². The Labute approximate surface area is 160 Å². The summed E-state index contributed by atoms with van der Waals surface area (Å²) in [5, 5.41) is 0. The number of anilines is 2. The maximum atomic E-state index is 13.2. The molecule has 1 aliphatic carbocycles. The quantitative estimate of drug-likeness (QED) is 0.517. The van der Waals surface area contributed by atoms with Gasteiger partial charge in [-0.1, -0.05) is 66.7 Å². The van der Waals surface area contributed by atoms with E-state index in [1.54, 1.807) is 0 Å². The van der Waals surface area contributed by atoms with Crippen molar-refractivity contribution in [1.82, 2.24) is 0 Å². The molecule has 1 unspecified atom stereocenters. The fourth-order valence-corrected chi connectivity index (χ4v) is 3.74. The summed E-state index contributed by atoms with van der Waals surface area (Å²) in [6.45, 7) is 0. The maximum absolute atomic E-state index is 13.2. The van der Waals surface area contributed by atoms with Gasteiger partial charge >= 0.3 is 0 Å². The summed E-state index contributed by atoms with van der Waals surface area (Å²) in [6, 6.07) is 30.6. The van der Waals surface area contributed by atoms with Crippen molar-refractivity contribution in [3.63, 3.8) is 0 Å². The lowest BCUT2D eigenvalue weighted by molar-refractivity contribution is -0.118. The molecule has 1 aliphatic rings. The predicted octanol–water partition coefficient (Wildman–Crippen LogP) is 6.25. The predicted molar refractivity (Wildman–Crippen MR) is 111 cm³/mol. The number of ketones is 1. The lowest BCUT2D eigenvalue weighted by Crippen LogP contribution is -2.22. The van der Waals surface area contributed by atoms with Crippen LogP contribution in [0.5, 0.6) is 0 Å². The molecule has 134 valence electrons. The van der Waals surface area contributed by atoms with Crippen LogP contribution in [0.4, 0.5) is 11.4 Å². The molecule has 3 aromatic carbocycles. The molecule has 0 aromatic heterocycles. The van der Waals surface area contributed by atoms with Crippen LogP contribution in [0.1, 0.15) is 30.7 Å². The zero-order valence-corrected chi connectivity index (χ0v) is 15.3. The molecule has 1 saturated carbocycles. The van der Waals surface area contributed by atoms with E-state index in [-0.39, 0.29) is 11.7 Å². The lowest BCUT2D eigenvalue weighted by atomic mass is 9.80. The van der Waals surface area contributed by atoms with Crippen molar-refractivity contribution in [2.75, 3.05) is 4.90 Å². The summed E-state index contributed by atoms with van der Waals surface area (Å²) in [5.41, 5.74) is 4.15. The van der Waals surface area contributed by atoms with Crippen LogP contribution in [0.2, 0.25) is 0 Å². The summed E-state index contributed by atoms with van der Waals surface area (Å²) in [5.74, 6) is 0.226. The molecule has 0 saturated heterocycles. The zero-order chi connectivity index (χ0) is 18.5. The first-order valence-electron chi connectivity index (χ1n) is 9.52. The number of carbonyl (C=O) groups is 1. The molecule has 27 heavy (non-hydrogen) atoms. The van der Waals surface area contributed by atoms with E-state index in [1.807, 2.05) is 60.8 Å². The molecule has 0 N–H and O–H groups in total. The number of para-hydroxylation sites is 2. The van der Waals surface area contributed by atoms with E-state index >= 15 is 0 Å². The Kier molecular flexibility index (Phi) is 5.15. The van der Waals surface area contributed by atoms with Gasteiger partial charge in [-0.25, -0.2) is 0 Å². The van der Waals surface area contributed by atoms with Gasteiger partial charge in [-0.05, 0) is 49.1 Å². The number of Topliss-reactive ketones (excluding diaryl/α,β-unsaturated/α-hetero) is 1. The monoisotopic (exact) mass is 353 g/mol. The van der Waals surface area contributed by atoms with Crippen LogP contribution in [-0.4, -0.2) is 5.78 Å². The summed E-state index contributed by atoms with van der Waals surface area (Å²) in [6.07, 6.45) is 4.84. The van der Waals surface area contributed by atoms with Gasteiger partial charge in [0.25, 0.3) is 0 Å². The largest absolute Gasteiger partial charge is 0.317 e. The number of rotatable bonds is 4. The van der Waals surface area contributed by atoms with Crippen LogP contribution in [-0.2, 0) is 4.79 Å². The van der Waals surface area contributed by atoms with Gasteiger partial charge in [-0.15, -0.1) is 0 Å².